The average molecular weight is 353 g/mol. The summed E-state index contributed by atoms with van der Waals surface area (Å²) in [6.07, 6.45) is 1.84. The van der Waals surface area contributed by atoms with E-state index in [2.05, 4.69) is 5.32 Å². The quantitative estimate of drug-likeness (QED) is 0.764. The lowest BCUT2D eigenvalue weighted by Gasteiger charge is -2.21. The second-order valence-electron chi connectivity index (χ2n) is 6.23. The first-order valence-corrected chi connectivity index (χ1v) is 9.06. The lowest BCUT2D eigenvalue weighted by molar-refractivity contribution is -0.118. The molecule has 0 aliphatic heterocycles. The van der Waals surface area contributed by atoms with Crippen LogP contribution in [0.25, 0.3) is 0 Å². The van der Waals surface area contributed by atoms with Crippen LogP contribution in [0.4, 0.5) is 11.4 Å². The monoisotopic (exact) mass is 353 g/mol. The highest BCUT2D eigenvalue weighted by molar-refractivity contribution is 5.95. The predicted molar refractivity (Wildman–Crippen MR) is 106 cm³/mol. The van der Waals surface area contributed by atoms with Crippen LogP contribution in [0.3, 0.4) is 0 Å². The van der Waals surface area contributed by atoms with Crippen molar-refractivity contribution < 1.29 is 9.59 Å². The number of nitrogens with one attached hydrogen (secondary N) is 1. The lowest BCUT2D eigenvalue weighted by atomic mass is 10.1. The number of para-hydroxylation sites is 1. The number of carbonyl (C=O) groups is 2. The minimum Gasteiger partial charge on any atom is -0.325 e. The number of amides is 2. The normalized spacial score (nSPS) is 11.7. The summed E-state index contributed by atoms with van der Waals surface area (Å²) >= 11 is 0. The Bertz CT molecular complexity index is 714. The summed E-state index contributed by atoms with van der Waals surface area (Å²) in [5.41, 5.74) is 8.30. The van der Waals surface area contributed by atoms with Crippen molar-refractivity contribution in [1.82, 2.24) is 0 Å². The number of nitrogens with two attached hydrogens (primary N) is 1. The lowest BCUT2D eigenvalue weighted by Crippen LogP contribution is -2.35. The smallest absolute Gasteiger partial charge is 0.241 e. The molecule has 2 amide bonds. The van der Waals surface area contributed by atoms with E-state index >= 15 is 0 Å². The number of anilines is 2. The van der Waals surface area contributed by atoms with Crippen LogP contribution in [0.5, 0.6) is 0 Å². The van der Waals surface area contributed by atoms with E-state index in [1.54, 1.807) is 17.0 Å². The Hall–Kier alpha value is -2.66. The molecule has 0 heterocycles. The Morgan fingerprint density at radius 2 is 1.69 bits per heavy atom. The van der Waals surface area contributed by atoms with Crippen LogP contribution in [-0.4, -0.2) is 24.4 Å². The summed E-state index contributed by atoms with van der Waals surface area (Å²) in [5, 5.41) is 2.81. The SMILES string of the molecule is CCCC(N)C(=O)Nc1ccc(CC(=O)N(CC)c2ccccc2)cc1. The van der Waals surface area contributed by atoms with Crippen LogP contribution in [0.2, 0.25) is 0 Å². The summed E-state index contributed by atoms with van der Waals surface area (Å²) in [5.74, 6) is -0.141. The maximum atomic E-state index is 12.6. The predicted octanol–water partition coefficient (Wildman–Crippen LogP) is 3.35. The van der Waals surface area contributed by atoms with Gasteiger partial charge in [-0.05, 0) is 43.2 Å². The Labute approximate surface area is 155 Å². The van der Waals surface area contributed by atoms with Crippen LogP contribution in [0.1, 0.15) is 32.3 Å². The molecule has 2 rings (SSSR count). The first-order chi connectivity index (χ1) is 12.5. The van der Waals surface area contributed by atoms with Gasteiger partial charge in [-0.2, -0.15) is 0 Å². The highest BCUT2D eigenvalue weighted by atomic mass is 16.2. The molecule has 0 saturated carbocycles. The van der Waals surface area contributed by atoms with Crippen LogP contribution in [0, 0.1) is 0 Å². The van der Waals surface area contributed by atoms with Gasteiger partial charge in [0.05, 0.1) is 12.5 Å². The number of benzene rings is 2. The fourth-order valence-electron chi connectivity index (χ4n) is 2.76. The molecule has 0 radical (unpaired) electrons. The minimum absolute atomic E-state index is 0.0421. The van der Waals surface area contributed by atoms with E-state index in [1.165, 1.54) is 0 Å². The zero-order valence-electron chi connectivity index (χ0n) is 15.4. The van der Waals surface area contributed by atoms with Gasteiger partial charge in [-0.3, -0.25) is 9.59 Å². The molecule has 5 nitrogen and oxygen atoms in total. The fourth-order valence-corrected chi connectivity index (χ4v) is 2.76. The third-order valence-electron chi connectivity index (χ3n) is 4.20. The third kappa shape index (κ3) is 5.43. The van der Waals surface area contributed by atoms with E-state index in [0.717, 1.165) is 17.7 Å². The van der Waals surface area contributed by atoms with Crippen molar-refractivity contribution in [2.75, 3.05) is 16.8 Å². The Kier molecular flexibility index (Phi) is 7.36. The number of hydrogen-bond acceptors (Lipinski definition) is 3. The van der Waals surface area contributed by atoms with Gasteiger partial charge in [0.2, 0.25) is 11.8 Å². The summed E-state index contributed by atoms with van der Waals surface area (Å²) < 4.78 is 0. The molecule has 1 atom stereocenters. The molecule has 138 valence electrons. The Morgan fingerprint density at radius 3 is 2.27 bits per heavy atom. The molecule has 1 unspecified atom stereocenters. The van der Waals surface area contributed by atoms with Gasteiger partial charge < -0.3 is 16.0 Å². The molecular formula is C21H27N3O2. The highest BCUT2D eigenvalue weighted by Crippen LogP contribution is 2.16. The van der Waals surface area contributed by atoms with Crippen LogP contribution < -0.4 is 16.0 Å². The molecule has 26 heavy (non-hydrogen) atoms. The maximum absolute atomic E-state index is 12.6. The number of rotatable bonds is 8. The molecule has 5 heteroatoms. The Morgan fingerprint density at radius 1 is 1.04 bits per heavy atom. The van der Waals surface area contributed by atoms with Gasteiger partial charge in [0.25, 0.3) is 0 Å². The molecular weight excluding hydrogens is 326 g/mol. The van der Waals surface area contributed by atoms with Gasteiger partial charge in [-0.25, -0.2) is 0 Å². The van der Waals surface area contributed by atoms with Gasteiger partial charge in [0.15, 0.2) is 0 Å². The average Bonchev–Trinajstić information content (AvgIpc) is 2.65. The van der Waals surface area contributed by atoms with Gasteiger partial charge in [0, 0.05) is 17.9 Å². The topological polar surface area (TPSA) is 75.4 Å². The summed E-state index contributed by atoms with van der Waals surface area (Å²) in [7, 11) is 0. The molecule has 0 bridgehead atoms. The number of carbonyl (C=O) groups excluding carboxylic acids is 2. The first kappa shape index (κ1) is 19.7. The van der Waals surface area contributed by atoms with Crippen molar-refractivity contribution in [3.8, 4) is 0 Å². The second-order valence-corrected chi connectivity index (χ2v) is 6.23. The maximum Gasteiger partial charge on any atom is 0.241 e. The van der Waals surface area contributed by atoms with E-state index in [4.69, 9.17) is 5.73 Å². The number of nitrogens with zero attached hydrogens (tertiary/aromatic N) is 1. The largest absolute Gasteiger partial charge is 0.325 e. The minimum atomic E-state index is -0.495. The molecule has 0 saturated heterocycles. The fraction of sp³-hybridized carbons (Fsp3) is 0.333. The molecule has 2 aromatic rings. The van der Waals surface area contributed by atoms with E-state index < -0.39 is 6.04 Å². The van der Waals surface area contributed by atoms with Crippen molar-refractivity contribution in [3.05, 3.63) is 60.2 Å². The van der Waals surface area contributed by atoms with E-state index in [0.29, 0.717) is 25.1 Å². The van der Waals surface area contributed by atoms with Crippen LogP contribution in [-0.2, 0) is 16.0 Å². The first-order valence-electron chi connectivity index (χ1n) is 9.06. The standard InChI is InChI=1S/C21H27N3O2/c1-3-8-19(22)21(26)23-17-13-11-16(12-14-17)15-20(25)24(4-2)18-9-6-5-7-10-18/h5-7,9-14,19H,3-4,8,15,22H2,1-2H3,(H,23,26). The summed E-state index contributed by atoms with van der Waals surface area (Å²) in [4.78, 5) is 26.3. The molecule has 0 spiro atoms. The zero-order chi connectivity index (χ0) is 18.9. The second kappa shape index (κ2) is 9.73. The van der Waals surface area contributed by atoms with Crippen molar-refractivity contribution in [1.29, 1.82) is 0 Å². The molecule has 3 N–H and O–H groups in total. The van der Waals surface area contributed by atoms with Crippen molar-refractivity contribution in [3.63, 3.8) is 0 Å². The van der Waals surface area contributed by atoms with Crippen LogP contribution in [0.15, 0.2) is 54.6 Å². The molecule has 2 aromatic carbocycles. The van der Waals surface area contributed by atoms with Gasteiger partial charge in [-0.15, -0.1) is 0 Å². The van der Waals surface area contributed by atoms with Crippen LogP contribution >= 0.6 is 0 Å². The highest BCUT2D eigenvalue weighted by Gasteiger charge is 2.15. The zero-order valence-corrected chi connectivity index (χ0v) is 15.4. The summed E-state index contributed by atoms with van der Waals surface area (Å²) in [6, 6.07) is 16.5. The van der Waals surface area contributed by atoms with E-state index in [9.17, 15) is 9.59 Å². The van der Waals surface area contributed by atoms with Crippen molar-refractivity contribution in [2.45, 2.75) is 39.2 Å². The van der Waals surface area contributed by atoms with Gasteiger partial charge in [0.1, 0.15) is 0 Å². The van der Waals surface area contributed by atoms with Crippen molar-refractivity contribution in [2.24, 2.45) is 5.73 Å². The molecule has 0 aliphatic carbocycles. The summed E-state index contributed by atoms with van der Waals surface area (Å²) in [6.45, 7) is 4.57. The van der Waals surface area contributed by atoms with E-state index in [1.807, 2.05) is 56.3 Å². The Balaban J connectivity index is 1.98. The van der Waals surface area contributed by atoms with E-state index in [-0.39, 0.29) is 11.8 Å². The molecule has 0 fully saturated rings. The third-order valence-corrected chi connectivity index (χ3v) is 4.20. The van der Waals surface area contributed by atoms with Gasteiger partial charge in [-0.1, -0.05) is 43.7 Å². The molecule has 0 aromatic heterocycles. The number of hydrogen-bond donors (Lipinski definition) is 2. The van der Waals surface area contributed by atoms with Crippen molar-refractivity contribution >= 4 is 23.2 Å². The number of likely N-dealkylation sites (N-methyl/N-ethyl adjacent to an activating group) is 1. The molecule has 0 aliphatic rings. The van der Waals surface area contributed by atoms with Gasteiger partial charge >= 0.3 is 0 Å².